The number of fused-ring (bicyclic) bond motifs is 1. The first kappa shape index (κ1) is 22.8. The molecular weight excluding hydrogens is 436 g/mol. The molecule has 1 aromatic carbocycles. The highest BCUT2D eigenvalue weighted by atomic mass is 16.5. The zero-order valence-electron chi connectivity index (χ0n) is 19.4. The molecule has 1 atom stereocenters. The van der Waals surface area contributed by atoms with Crippen molar-refractivity contribution in [3.05, 3.63) is 29.3 Å². The zero-order valence-corrected chi connectivity index (χ0v) is 19.4. The monoisotopic (exact) mass is 468 g/mol. The van der Waals surface area contributed by atoms with Crippen molar-refractivity contribution >= 4 is 29.9 Å². The number of nitrogens with zero attached hydrogens (tertiary/aromatic N) is 3. The van der Waals surface area contributed by atoms with Crippen LogP contribution in [0.4, 0.5) is 5.69 Å². The van der Waals surface area contributed by atoms with Crippen molar-refractivity contribution < 1.29 is 23.9 Å². The Bertz CT molecular complexity index is 966. The number of carbonyl (C=O) groups excluding carboxylic acids is 4. The molecule has 0 aromatic heterocycles. The van der Waals surface area contributed by atoms with E-state index in [1.54, 1.807) is 4.90 Å². The molecule has 4 aliphatic rings. The number of nitrogens with one attached hydrogen (secondary N) is 1. The van der Waals surface area contributed by atoms with Gasteiger partial charge in [0, 0.05) is 56.9 Å². The Hall–Kier alpha value is -2.94. The van der Waals surface area contributed by atoms with Crippen LogP contribution in [0.15, 0.2) is 18.2 Å². The molecular formula is C25H32N4O5. The molecule has 0 saturated carbocycles. The second-order valence-electron chi connectivity index (χ2n) is 9.90. The Kier molecular flexibility index (Phi) is 6.54. The summed E-state index contributed by atoms with van der Waals surface area (Å²) >= 11 is 0. The smallest absolute Gasteiger partial charge is 0.293 e. The molecule has 1 aromatic rings. The molecule has 0 radical (unpaired) electrons. The van der Waals surface area contributed by atoms with Gasteiger partial charge in [0.25, 0.3) is 12.4 Å². The lowest BCUT2D eigenvalue weighted by atomic mass is 9.94. The summed E-state index contributed by atoms with van der Waals surface area (Å²) in [5.74, 6) is -0.116. The number of anilines is 1. The Balaban J connectivity index is 1.15. The summed E-state index contributed by atoms with van der Waals surface area (Å²) < 4.78 is 5.10. The Morgan fingerprint density at radius 2 is 1.76 bits per heavy atom. The molecule has 1 unspecified atom stereocenters. The fourth-order valence-corrected chi connectivity index (χ4v) is 5.78. The highest BCUT2D eigenvalue weighted by molar-refractivity contribution is 6.05. The van der Waals surface area contributed by atoms with Gasteiger partial charge in [0.1, 0.15) is 12.1 Å². The zero-order chi connectivity index (χ0) is 23.7. The molecule has 182 valence electrons. The summed E-state index contributed by atoms with van der Waals surface area (Å²) in [6, 6.07) is 5.48. The number of piperidine rings is 3. The second-order valence-corrected chi connectivity index (χ2v) is 9.90. The molecule has 4 heterocycles. The molecule has 3 saturated heterocycles. The molecule has 1 N–H and O–H groups in total. The summed E-state index contributed by atoms with van der Waals surface area (Å²) in [5, 5.41) is 2.35. The first-order valence-corrected chi connectivity index (χ1v) is 12.4. The van der Waals surface area contributed by atoms with Crippen LogP contribution in [0.3, 0.4) is 0 Å². The van der Waals surface area contributed by atoms with Gasteiger partial charge in [-0.1, -0.05) is 6.07 Å². The molecule has 0 aliphatic carbocycles. The van der Waals surface area contributed by atoms with E-state index in [1.165, 1.54) is 0 Å². The van der Waals surface area contributed by atoms with Crippen LogP contribution in [0.1, 0.15) is 54.4 Å². The van der Waals surface area contributed by atoms with E-state index in [1.807, 2.05) is 12.1 Å². The van der Waals surface area contributed by atoms with E-state index >= 15 is 0 Å². The minimum Gasteiger partial charge on any atom is -0.464 e. The van der Waals surface area contributed by atoms with E-state index in [-0.39, 0.29) is 30.2 Å². The standard InChI is InChI=1S/C25H32N4O5/c30-16-34-20-7-9-27(10-8-20)14-17-5-11-28(12-6-17)19-2-1-18-15-29(25(33)21(18)13-19)22-3-4-23(31)26-24(22)32/h1-2,13,16-17,20,22H,3-12,14-15H2,(H,26,31,32). The minimum absolute atomic E-state index is 0.0732. The molecule has 34 heavy (non-hydrogen) atoms. The molecule has 4 aliphatic heterocycles. The SMILES string of the molecule is O=COC1CCN(CC2CCN(c3ccc4c(c3)C(=O)N(C3CCC(=O)NC3=O)C4)CC2)CC1. The molecule has 3 fully saturated rings. The van der Waals surface area contributed by atoms with Gasteiger partial charge in [-0.05, 0) is 55.7 Å². The fraction of sp³-hybridized carbons (Fsp3) is 0.600. The quantitative estimate of drug-likeness (QED) is 0.496. The maximum Gasteiger partial charge on any atom is 0.293 e. The molecule has 9 heteroatoms. The van der Waals surface area contributed by atoms with Crippen molar-refractivity contribution in [1.82, 2.24) is 15.1 Å². The molecule has 5 rings (SSSR count). The van der Waals surface area contributed by atoms with Crippen molar-refractivity contribution in [2.45, 2.75) is 57.2 Å². The summed E-state index contributed by atoms with van der Waals surface area (Å²) in [6.45, 7) is 5.95. The maximum atomic E-state index is 13.1. The van der Waals surface area contributed by atoms with E-state index in [4.69, 9.17) is 4.74 Å². The predicted molar refractivity (Wildman–Crippen MR) is 124 cm³/mol. The van der Waals surface area contributed by atoms with E-state index in [2.05, 4.69) is 21.2 Å². The number of amides is 3. The number of hydrogen-bond donors (Lipinski definition) is 1. The van der Waals surface area contributed by atoms with Crippen LogP contribution in [0.25, 0.3) is 0 Å². The van der Waals surface area contributed by atoms with Crippen LogP contribution in [-0.2, 0) is 25.7 Å². The van der Waals surface area contributed by atoms with Crippen LogP contribution in [0.5, 0.6) is 0 Å². The Morgan fingerprint density at radius 3 is 2.47 bits per heavy atom. The molecule has 3 amide bonds. The van der Waals surface area contributed by atoms with Crippen molar-refractivity contribution in [1.29, 1.82) is 0 Å². The summed E-state index contributed by atoms with van der Waals surface area (Å²) in [6.07, 6.45) is 4.77. The Morgan fingerprint density at radius 1 is 1.00 bits per heavy atom. The largest absolute Gasteiger partial charge is 0.464 e. The lowest BCUT2D eigenvalue weighted by molar-refractivity contribution is -0.137. The lowest BCUT2D eigenvalue weighted by Crippen LogP contribution is -2.52. The predicted octanol–water partition coefficient (Wildman–Crippen LogP) is 1.30. The van der Waals surface area contributed by atoms with Gasteiger partial charge in [-0.25, -0.2) is 0 Å². The topological polar surface area (TPSA) is 99.3 Å². The third-order valence-corrected chi connectivity index (χ3v) is 7.79. The first-order valence-electron chi connectivity index (χ1n) is 12.4. The number of ether oxygens (including phenoxy) is 1. The third kappa shape index (κ3) is 4.66. The average Bonchev–Trinajstić information content (AvgIpc) is 3.16. The maximum absolute atomic E-state index is 13.1. The number of likely N-dealkylation sites (tertiary alicyclic amines) is 1. The number of imide groups is 1. The van der Waals surface area contributed by atoms with Gasteiger partial charge in [-0.2, -0.15) is 0 Å². The Labute approximate surface area is 199 Å². The fourth-order valence-electron chi connectivity index (χ4n) is 5.78. The van der Waals surface area contributed by atoms with E-state index in [0.717, 1.165) is 69.7 Å². The van der Waals surface area contributed by atoms with Gasteiger partial charge in [0.15, 0.2) is 0 Å². The summed E-state index contributed by atoms with van der Waals surface area (Å²) in [4.78, 5) is 53.8. The highest BCUT2D eigenvalue weighted by Crippen LogP contribution is 2.32. The normalized spacial score (nSPS) is 24.8. The number of rotatable bonds is 6. The van der Waals surface area contributed by atoms with Gasteiger partial charge in [0.05, 0.1) is 0 Å². The third-order valence-electron chi connectivity index (χ3n) is 7.79. The molecule has 9 nitrogen and oxygen atoms in total. The van der Waals surface area contributed by atoms with Crippen LogP contribution >= 0.6 is 0 Å². The van der Waals surface area contributed by atoms with Crippen LogP contribution in [-0.4, -0.2) is 78.9 Å². The highest BCUT2D eigenvalue weighted by Gasteiger charge is 2.39. The van der Waals surface area contributed by atoms with Gasteiger partial charge < -0.3 is 19.4 Å². The molecule has 0 spiro atoms. The number of hydrogen-bond acceptors (Lipinski definition) is 7. The van der Waals surface area contributed by atoms with Gasteiger partial charge in [-0.3, -0.25) is 24.5 Å². The molecule has 0 bridgehead atoms. The first-order chi connectivity index (χ1) is 16.5. The average molecular weight is 469 g/mol. The second kappa shape index (κ2) is 9.74. The van der Waals surface area contributed by atoms with E-state index < -0.39 is 6.04 Å². The lowest BCUT2D eigenvalue weighted by Gasteiger charge is -2.38. The van der Waals surface area contributed by atoms with Crippen molar-refractivity contribution in [3.8, 4) is 0 Å². The van der Waals surface area contributed by atoms with Gasteiger partial charge in [0.2, 0.25) is 11.8 Å². The number of carbonyl (C=O) groups is 4. The summed E-state index contributed by atoms with van der Waals surface area (Å²) in [7, 11) is 0. The van der Waals surface area contributed by atoms with Crippen molar-refractivity contribution in [2.75, 3.05) is 37.6 Å². The van der Waals surface area contributed by atoms with E-state index in [9.17, 15) is 19.2 Å². The van der Waals surface area contributed by atoms with E-state index in [0.29, 0.717) is 30.9 Å². The summed E-state index contributed by atoms with van der Waals surface area (Å²) in [5.41, 5.74) is 2.67. The van der Waals surface area contributed by atoms with Crippen LogP contribution in [0, 0.1) is 5.92 Å². The minimum atomic E-state index is -0.577. The van der Waals surface area contributed by atoms with Crippen molar-refractivity contribution in [2.24, 2.45) is 5.92 Å². The van der Waals surface area contributed by atoms with Gasteiger partial charge >= 0.3 is 0 Å². The van der Waals surface area contributed by atoms with Crippen LogP contribution in [0.2, 0.25) is 0 Å². The van der Waals surface area contributed by atoms with Crippen LogP contribution < -0.4 is 10.2 Å². The number of benzene rings is 1. The van der Waals surface area contributed by atoms with Gasteiger partial charge in [-0.15, -0.1) is 0 Å². The van der Waals surface area contributed by atoms with Crippen molar-refractivity contribution in [3.63, 3.8) is 0 Å².